The summed E-state index contributed by atoms with van der Waals surface area (Å²) in [4.78, 5) is 27.4. The van der Waals surface area contributed by atoms with Crippen molar-refractivity contribution in [2.45, 2.75) is 18.2 Å². The Balaban J connectivity index is 1.83. The molecule has 1 aromatic heterocycles. The molecule has 1 aromatic rings. The van der Waals surface area contributed by atoms with Crippen LogP contribution < -0.4 is 0 Å². The summed E-state index contributed by atoms with van der Waals surface area (Å²) in [7, 11) is 0. The Morgan fingerprint density at radius 1 is 1.30 bits per heavy atom. The predicted molar refractivity (Wildman–Crippen MR) is 84.0 cm³/mol. The smallest absolute Gasteiger partial charge is 0.327 e. The van der Waals surface area contributed by atoms with E-state index in [1.165, 1.54) is 15.3 Å². The lowest BCUT2D eigenvalue weighted by atomic mass is 10.2. The lowest BCUT2D eigenvalue weighted by molar-refractivity contribution is -0.141. The summed E-state index contributed by atoms with van der Waals surface area (Å²) in [6.07, 6.45) is 1.02. The lowest BCUT2D eigenvalue weighted by Gasteiger charge is -2.32. The highest BCUT2D eigenvalue weighted by Crippen LogP contribution is 2.33. The predicted octanol–water partition coefficient (Wildman–Crippen LogP) is 2.18. The molecule has 0 bridgehead atoms. The van der Waals surface area contributed by atoms with Crippen LogP contribution in [-0.4, -0.2) is 51.7 Å². The second-order valence-corrected chi connectivity index (χ2v) is 8.18. The SMILES string of the molecule is O=C(O)C1CSCCN1C(=O)c1cc2c(s1)CCSC2. The number of aliphatic carboxylic acids is 1. The van der Waals surface area contributed by atoms with Gasteiger partial charge in [-0.05, 0) is 23.8 Å². The number of nitrogens with zero attached hydrogens (tertiary/aromatic N) is 1. The molecule has 7 heteroatoms. The Hall–Kier alpha value is -0.660. The number of rotatable bonds is 2. The number of hydrogen-bond donors (Lipinski definition) is 1. The Morgan fingerprint density at radius 3 is 2.90 bits per heavy atom. The summed E-state index contributed by atoms with van der Waals surface area (Å²) < 4.78 is 0. The molecule has 1 amide bonds. The van der Waals surface area contributed by atoms with Crippen LogP contribution in [0.15, 0.2) is 6.07 Å². The number of aryl methyl sites for hydroxylation is 1. The minimum absolute atomic E-state index is 0.109. The van der Waals surface area contributed by atoms with Crippen molar-refractivity contribution in [2.24, 2.45) is 0 Å². The van der Waals surface area contributed by atoms with Crippen LogP contribution in [0.3, 0.4) is 0 Å². The average Bonchev–Trinajstić information content (AvgIpc) is 2.90. The fourth-order valence-corrected chi connectivity index (χ4v) is 5.81. The molecule has 0 saturated carbocycles. The molecule has 3 heterocycles. The third kappa shape index (κ3) is 2.71. The number of carboxylic acids is 1. The third-order valence-electron chi connectivity index (χ3n) is 3.51. The van der Waals surface area contributed by atoms with Gasteiger partial charge in [0.05, 0.1) is 4.88 Å². The first-order valence-corrected chi connectivity index (χ1v) is 9.60. The largest absolute Gasteiger partial charge is 0.480 e. The number of thioether (sulfide) groups is 2. The normalized spacial score (nSPS) is 22.4. The Labute approximate surface area is 129 Å². The molecule has 0 radical (unpaired) electrons. The van der Waals surface area contributed by atoms with Gasteiger partial charge in [0.15, 0.2) is 0 Å². The summed E-state index contributed by atoms with van der Waals surface area (Å²) in [5.74, 6) is 2.37. The number of fused-ring (bicyclic) bond motifs is 1. The number of carboxylic acid groups (broad SMARTS) is 1. The van der Waals surface area contributed by atoms with Gasteiger partial charge >= 0.3 is 5.97 Å². The molecule has 108 valence electrons. The number of carbonyl (C=O) groups is 2. The molecule has 0 aliphatic carbocycles. The lowest BCUT2D eigenvalue weighted by Crippen LogP contribution is -2.50. The van der Waals surface area contributed by atoms with Gasteiger partial charge in [-0.25, -0.2) is 4.79 Å². The van der Waals surface area contributed by atoms with E-state index in [2.05, 4.69) is 0 Å². The van der Waals surface area contributed by atoms with Crippen LogP contribution in [0.1, 0.15) is 20.1 Å². The van der Waals surface area contributed by atoms with E-state index in [4.69, 9.17) is 0 Å². The van der Waals surface area contributed by atoms with Crippen LogP contribution >= 0.6 is 34.9 Å². The van der Waals surface area contributed by atoms with Crippen molar-refractivity contribution < 1.29 is 14.7 Å². The second-order valence-electron chi connectivity index (χ2n) is 4.79. The fourth-order valence-electron chi connectivity index (χ4n) is 2.45. The highest BCUT2D eigenvalue weighted by Gasteiger charge is 2.34. The Bertz CT molecular complexity index is 519. The van der Waals surface area contributed by atoms with Gasteiger partial charge in [-0.3, -0.25) is 4.79 Å². The second kappa shape index (κ2) is 5.99. The number of hydrogen-bond acceptors (Lipinski definition) is 5. The molecule has 1 saturated heterocycles. The molecule has 1 fully saturated rings. The van der Waals surface area contributed by atoms with Crippen LogP contribution in [-0.2, 0) is 17.0 Å². The maximum atomic E-state index is 12.6. The summed E-state index contributed by atoms with van der Waals surface area (Å²) in [5, 5.41) is 9.26. The molecule has 1 N–H and O–H groups in total. The summed E-state index contributed by atoms with van der Waals surface area (Å²) in [6.45, 7) is 0.526. The molecule has 3 rings (SSSR count). The zero-order valence-corrected chi connectivity index (χ0v) is 13.3. The molecule has 4 nitrogen and oxygen atoms in total. The first-order chi connectivity index (χ1) is 9.66. The molecular weight excluding hydrogens is 314 g/mol. The van der Waals surface area contributed by atoms with Crippen LogP contribution in [0.25, 0.3) is 0 Å². The molecule has 2 aliphatic heterocycles. The van der Waals surface area contributed by atoms with Gasteiger partial charge in [-0.2, -0.15) is 23.5 Å². The van der Waals surface area contributed by atoms with E-state index in [-0.39, 0.29) is 5.91 Å². The van der Waals surface area contributed by atoms with Gasteiger partial charge in [-0.1, -0.05) is 0 Å². The van der Waals surface area contributed by atoms with E-state index in [9.17, 15) is 14.7 Å². The number of amides is 1. The maximum Gasteiger partial charge on any atom is 0.327 e. The van der Waals surface area contributed by atoms with Crippen molar-refractivity contribution in [1.29, 1.82) is 0 Å². The fraction of sp³-hybridized carbons (Fsp3) is 0.538. The van der Waals surface area contributed by atoms with Crippen molar-refractivity contribution in [3.8, 4) is 0 Å². The van der Waals surface area contributed by atoms with Crippen molar-refractivity contribution >= 4 is 46.7 Å². The van der Waals surface area contributed by atoms with E-state index in [1.807, 2.05) is 17.8 Å². The molecule has 1 atom stereocenters. The summed E-state index contributed by atoms with van der Waals surface area (Å²) >= 11 is 5.03. The van der Waals surface area contributed by atoms with Gasteiger partial charge in [0.25, 0.3) is 5.91 Å². The molecular formula is C13H15NO3S3. The van der Waals surface area contributed by atoms with Crippen molar-refractivity contribution in [1.82, 2.24) is 4.90 Å². The van der Waals surface area contributed by atoms with Gasteiger partial charge in [0.1, 0.15) is 6.04 Å². The quantitative estimate of drug-likeness (QED) is 0.901. The Morgan fingerprint density at radius 2 is 2.15 bits per heavy atom. The molecule has 2 aliphatic rings. The van der Waals surface area contributed by atoms with Crippen molar-refractivity contribution in [3.63, 3.8) is 0 Å². The van der Waals surface area contributed by atoms with Crippen LogP contribution in [0.4, 0.5) is 0 Å². The van der Waals surface area contributed by atoms with E-state index < -0.39 is 12.0 Å². The van der Waals surface area contributed by atoms with Crippen molar-refractivity contribution in [3.05, 3.63) is 21.4 Å². The first kappa shape index (κ1) is 14.3. The standard InChI is InChI=1S/C13H15NO3S3/c15-12(14-2-4-19-7-9(14)13(16)17)11-5-8-6-18-3-1-10(8)20-11/h5,9H,1-4,6-7H2,(H,16,17). The van der Waals surface area contributed by atoms with Crippen LogP contribution in [0, 0.1) is 0 Å². The average molecular weight is 329 g/mol. The van der Waals surface area contributed by atoms with Crippen molar-refractivity contribution in [2.75, 3.05) is 23.8 Å². The third-order valence-corrected chi connectivity index (χ3v) is 6.77. The monoisotopic (exact) mass is 329 g/mol. The topological polar surface area (TPSA) is 57.6 Å². The minimum atomic E-state index is -0.901. The number of thiophene rings is 1. The van der Waals surface area contributed by atoms with Gasteiger partial charge in [0.2, 0.25) is 0 Å². The van der Waals surface area contributed by atoms with E-state index in [1.54, 1.807) is 23.1 Å². The van der Waals surface area contributed by atoms with E-state index in [0.29, 0.717) is 17.2 Å². The maximum absolute atomic E-state index is 12.6. The highest BCUT2D eigenvalue weighted by atomic mass is 32.2. The van der Waals surface area contributed by atoms with Gasteiger partial charge in [0, 0.05) is 28.7 Å². The summed E-state index contributed by atoms with van der Waals surface area (Å²) in [6, 6.07) is 1.28. The van der Waals surface area contributed by atoms with Crippen LogP contribution in [0.5, 0.6) is 0 Å². The van der Waals surface area contributed by atoms with Crippen LogP contribution in [0.2, 0.25) is 0 Å². The Kier molecular flexibility index (Phi) is 4.28. The molecule has 0 spiro atoms. The zero-order valence-electron chi connectivity index (χ0n) is 10.8. The molecule has 0 aromatic carbocycles. The molecule has 20 heavy (non-hydrogen) atoms. The number of carbonyl (C=O) groups excluding carboxylic acids is 1. The van der Waals surface area contributed by atoms with E-state index >= 15 is 0 Å². The highest BCUT2D eigenvalue weighted by molar-refractivity contribution is 7.99. The summed E-state index contributed by atoms with van der Waals surface area (Å²) in [5.41, 5.74) is 1.26. The van der Waals surface area contributed by atoms with E-state index in [0.717, 1.165) is 23.7 Å². The molecule has 1 unspecified atom stereocenters. The minimum Gasteiger partial charge on any atom is -0.480 e. The zero-order chi connectivity index (χ0) is 14.1. The van der Waals surface area contributed by atoms with Gasteiger partial charge in [-0.15, -0.1) is 11.3 Å². The van der Waals surface area contributed by atoms with Gasteiger partial charge < -0.3 is 10.0 Å². The first-order valence-electron chi connectivity index (χ1n) is 6.47.